The van der Waals surface area contributed by atoms with E-state index in [9.17, 15) is 9.90 Å². The molecule has 108 valence electrons. The third kappa shape index (κ3) is 2.42. The fourth-order valence-corrected chi connectivity index (χ4v) is 3.45. The minimum atomic E-state index is -0.858. The number of aromatic nitrogens is 3. The molecule has 3 rings (SSSR count). The van der Waals surface area contributed by atoms with Crippen molar-refractivity contribution < 1.29 is 9.90 Å². The van der Waals surface area contributed by atoms with Crippen molar-refractivity contribution in [3.63, 3.8) is 0 Å². The Morgan fingerprint density at radius 2 is 2.29 bits per heavy atom. The first-order valence-electron chi connectivity index (χ1n) is 6.69. The van der Waals surface area contributed by atoms with Gasteiger partial charge in [-0.05, 0) is 18.1 Å². The smallest absolute Gasteiger partial charge is 0.309 e. The number of rotatable bonds is 4. The highest BCUT2D eigenvalue weighted by molar-refractivity contribution is 7.15. The molecular weight excluding hydrogens is 286 g/mol. The Labute approximate surface area is 125 Å². The lowest BCUT2D eigenvalue weighted by Gasteiger charge is -2.07. The van der Waals surface area contributed by atoms with Crippen molar-refractivity contribution in [1.29, 1.82) is 0 Å². The lowest BCUT2D eigenvalue weighted by atomic mass is 10.1. The number of hydrogen-bond acceptors (Lipinski definition) is 4. The summed E-state index contributed by atoms with van der Waals surface area (Å²) in [5, 5.41) is 11.3. The number of carboxylic acids is 1. The Balaban J connectivity index is 2.27. The predicted octanol–water partition coefficient (Wildman–Crippen LogP) is 3.21. The Kier molecular flexibility index (Phi) is 3.47. The van der Waals surface area contributed by atoms with Gasteiger partial charge in [0.05, 0.1) is 17.8 Å². The molecule has 21 heavy (non-hydrogen) atoms. The van der Waals surface area contributed by atoms with E-state index in [0.717, 1.165) is 21.9 Å². The first-order chi connectivity index (χ1) is 10.1. The lowest BCUT2D eigenvalue weighted by Crippen LogP contribution is -2.06. The van der Waals surface area contributed by atoms with Crippen LogP contribution in [0.3, 0.4) is 0 Å². The number of fused-ring (bicyclic) bond motifs is 1. The monoisotopic (exact) mass is 301 g/mol. The SMILES string of the molecule is CC(C)c1csc2nc(-c3cccnc3)c(CC(=O)O)n12. The molecule has 0 unspecified atom stereocenters. The van der Waals surface area contributed by atoms with Crippen molar-refractivity contribution in [2.75, 3.05) is 0 Å². The number of carbonyl (C=O) groups is 1. The molecule has 3 aromatic rings. The summed E-state index contributed by atoms with van der Waals surface area (Å²) >= 11 is 1.54. The molecule has 0 bridgehead atoms. The number of nitrogens with zero attached hydrogens (tertiary/aromatic N) is 3. The number of thiazole rings is 1. The molecule has 0 aromatic carbocycles. The standard InChI is InChI=1S/C15H15N3O2S/c1-9(2)12-8-21-15-17-14(10-4-3-5-16-7-10)11(18(12)15)6-13(19)20/h3-5,7-9H,6H2,1-2H3,(H,19,20). The van der Waals surface area contributed by atoms with Crippen LogP contribution in [0.15, 0.2) is 29.9 Å². The van der Waals surface area contributed by atoms with Crippen LogP contribution in [0.4, 0.5) is 0 Å². The molecule has 0 amide bonds. The minimum absolute atomic E-state index is 0.0537. The van der Waals surface area contributed by atoms with Gasteiger partial charge >= 0.3 is 5.97 Å². The molecule has 0 radical (unpaired) electrons. The Bertz CT molecular complexity index is 790. The molecule has 0 saturated heterocycles. The van der Waals surface area contributed by atoms with Gasteiger partial charge in [0.1, 0.15) is 0 Å². The van der Waals surface area contributed by atoms with E-state index in [0.29, 0.717) is 11.6 Å². The maximum atomic E-state index is 11.2. The highest BCUT2D eigenvalue weighted by Gasteiger charge is 2.21. The Morgan fingerprint density at radius 1 is 1.48 bits per heavy atom. The first-order valence-corrected chi connectivity index (χ1v) is 7.56. The molecule has 1 N–H and O–H groups in total. The van der Waals surface area contributed by atoms with E-state index in [1.165, 1.54) is 11.3 Å². The molecule has 3 aromatic heterocycles. The molecule has 0 spiro atoms. The van der Waals surface area contributed by atoms with Gasteiger partial charge in [-0.2, -0.15) is 0 Å². The summed E-state index contributed by atoms with van der Waals surface area (Å²) < 4.78 is 1.98. The van der Waals surface area contributed by atoms with Gasteiger partial charge < -0.3 is 5.11 Å². The molecule has 3 heterocycles. The molecule has 5 nitrogen and oxygen atoms in total. The third-order valence-corrected chi connectivity index (χ3v) is 4.17. The summed E-state index contributed by atoms with van der Waals surface area (Å²) in [4.78, 5) is 20.8. The van der Waals surface area contributed by atoms with Crippen molar-refractivity contribution in [2.24, 2.45) is 0 Å². The second-order valence-corrected chi connectivity index (χ2v) is 5.99. The maximum Gasteiger partial charge on any atom is 0.309 e. The van der Waals surface area contributed by atoms with E-state index in [4.69, 9.17) is 0 Å². The molecule has 0 saturated carbocycles. The molecule has 0 aliphatic heterocycles. The topological polar surface area (TPSA) is 67.5 Å². The molecule has 6 heteroatoms. The van der Waals surface area contributed by atoms with Crippen LogP contribution in [-0.2, 0) is 11.2 Å². The van der Waals surface area contributed by atoms with Crippen molar-refractivity contribution in [2.45, 2.75) is 26.2 Å². The Hall–Kier alpha value is -2.21. The zero-order valence-corrected chi connectivity index (χ0v) is 12.6. The number of carboxylic acid groups (broad SMARTS) is 1. The summed E-state index contributed by atoms with van der Waals surface area (Å²) in [7, 11) is 0. The Morgan fingerprint density at radius 3 is 2.90 bits per heavy atom. The molecule has 0 atom stereocenters. The highest BCUT2D eigenvalue weighted by atomic mass is 32.1. The van der Waals surface area contributed by atoms with Crippen molar-refractivity contribution in [3.05, 3.63) is 41.3 Å². The zero-order valence-electron chi connectivity index (χ0n) is 11.8. The van der Waals surface area contributed by atoms with Gasteiger partial charge in [0.2, 0.25) is 0 Å². The summed E-state index contributed by atoms with van der Waals surface area (Å²) in [5.41, 5.74) is 3.36. The number of pyridine rings is 1. The predicted molar refractivity (Wildman–Crippen MR) is 81.7 cm³/mol. The van der Waals surface area contributed by atoms with Crippen molar-refractivity contribution >= 4 is 22.3 Å². The van der Waals surface area contributed by atoms with Gasteiger partial charge in [0, 0.05) is 29.0 Å². The molecule has 0 aliphatic rings. The first kappa shape index (κ1) is 13.8. The second-order valence-electron chi connectivity index (χ2n) is 5.15. The second kappa shape index (κ2) is 5.29. The van der Waals surface area contributed by atoms with Gasteiger partial charge in [-0.1, -0.05) is 13.8 Å². The normalized spacial score (nSPS) is 11.4. The fourth-order valence-electron chi connectivity index (χ4n) is 2.38. The van der Waals surface area contributed by atoms with E-state index in [1.54, 1.807) is 12.4 Å². The van der Waals surface area contributed by atoms with Gasteiger partial charge in [-0.25, -0.2) is 4.98 Å². The van der Waals surface area contributed by atoms with Crippen LogP contribution in [0, 0.1) is 0 Å². The molecule has 0 aliphatic carbocycles. The van der Waals surface area contributed by atoms with E-state index >= 15 is 0 Å². The largest absolute Gasteiger partial charge is 0.481 e. The van der Waals surface area contributed by atoms with Crippen LogP contribution in [0.25, 0.3) is 16.2 Å². The number of imidazole rings is 1. The third-order valence-electron chi connectivity index (χ3n) is 3.33. The van der Waals surface area contributed by atoms with Crippen LogP contribution in [0.5, 0.6) is 0 Å². The van der Waals surface area contributed by atoms with E-state index in [2.05, 4.69) is 23.8 Å². The quantitative estimate of drug-likeness (QED) is 0.803. The average Bonchev–Trinajstić information content (AvgIpc) is 3.00. The van der Waals surface area contributed by atoms with Crippen LogP contribution in [0.2, 0.25) is 0 Å². The number of hydrogen-bond donors (Lipinski definition) is 1. The summed E-state index contributed by atoms with van der Waals surface area (Å²) in [5.74, 6) is -0.551. The molecule has 0 fully saturated rings. The van der Waals surface area contributed by atoms with Gasteiger partial charge in [0.15, 0.2) is 4.96 Å². The highest BCUT2D eigenvalue weighted by Crippen LogP contribution is 2.31. The van der Waals surface area contributed by atoms with Crippen molar-refractivity contribution in [3.8, 4) is 11.3 Å². The van der Waals surface area contributed by atoms with E-state index in [-0.39, 0.29) is 6.42 Å². The maximum absolute atomic E-state index is 11.2. The van der Waals surface area contributed by atoms with Gasteiger partial charge in [-0.15, -0.1) is 11.3 Å². The summed E-state index contributed by atoms with van der Waals surface area (Å²) in [6.07, 6.45) is 3.35. The van der Waals surface area contributed by atoms with Gasteiger partial charge in [0.25, 0.3) is 0 Å². The minimum Gasteiger partial charge on any atom is -0.481 e. The van der Waals surface area contributed by atoms with E-state index < -0.39 is 5.97 Å². The fraction of sp³-hybridized carbons (Fsp3) is 0.267. The summed E-state index contributed by atoms with van der Waals surface area (Å²) in [6.45, 7) is 4.19. The number of aliphatic carboxylic acids is 1. The van der Waals surface area contributed by atoms with Crippen LogP contribution < -0.4 is 0 Å². The molecular formula is C15H15N3O2S. The van der Waals surface area contributed by atoms with Crippen LogP contribution in [0.1, 0.15) is 31.2 Å². The average molecular weight is 301 g/mol. The summed E-state index contributed by atoms with van der Waals surface area (Å²) in [6, 6.07) is 3.73. The van der Waals surface area contributed by atoms with E-state index in [1.807, 2.05) is 21.9 Å². The van der Waals surface area contributed by atoms with Gasteiger partial charge in [-0.3, -0.25) is 14.2 Å². The lowest BCUT2D eigenvalue weighted by molar-refractivity contribution is -0.136. The zero-order chi connectivity index (χ0) is 15.0. The van der Waals surface area contributed by atoms with Crippen molar-refractivity contribution in [1.82, 2.24) is 14.4 Å². The van der Waals surface area contributed by atoms with Crippen LogP contribution >= 0.6 is 11.3 Å². The van der Waals surface area contributed by atoms with Crippen LogP contribution in [-0.4, -0.2) is 25.4 Å².